The Balaban J connectivity index is 1.73. The molecule has 0 bridgehead atoms. The zero-order valence-electron chi connectivity index (χ0n) is 12.3. The lowest BCUT2D eigenvalue weighted by molar-refractivity contribution is 0.398. The molecule has 110 valence electrons. The van der Waals surface area contributed by atoms with Gasteiger partial charge in [-0.05, 0) is 32.4 Å². The van der Waals surface area contributed by atoms with Crippen molar-refractivity contribution in [2.75, 3.05) is 0 Å². The maximum absolute atomic E-state index is 4.75. The summed E-state index contributed by atoms with van der Waals surface area (Å²) >= 11 is 0. The van der Waals surface area contributed by atoms with Crippen molar-refractivity contribution in [3.63, 3.8) is 0 Å². The van der Waals surface area contributed by atoms with Gasteiger partial charge in [-0.15, -0.1) is 0 Å². The highest BCUT2D eigenvalue weighted by molar-refractivity contribution is 5.75. The van der Waals surface area contributed by atoms with Crippen molar-refractivity contribution in [2.45, 2.75) is 39.4 Å². The molecule has 3 aromatic heterocycles. The molecule has 0 aliphatic rings. The van der Waals surface area contributed by atoms with E-state index in [-0.39, 0.29) is 6.04 Å². The van der Waals surface area contributed by atoms with E-state index in [0.29, 0.717) is 18.4 Å². The molecule has 0 saturated carbocycles. The maximum atomic E-state index is 4.75. The van der Waals surface area contributed by atoms with E-state index in [9.17, 15) is 0 Å². The van der Waals surface area contributed by atoms with Gasteiger partial charge in [-0.3, -0.25) is 0 Å². The van der Waals surface area contributed by atoms with Gasteiger partial charge in [-0.2, -0.15) is 10.1 Å². The topological polar surface area (TPSA) is 81.7 Å². The Hall–Kier alpha value is -2.28. The summed E-state index contributed by atoms with van der Waals surface area (Å²) in [7, 11) is 0. The van der Waals surface area contributed by atoms with Gasteiger partial charge >= 0.3 is 0 Å². The second kappa shape index (κ2) is 5.61. The number of hydrogen-bond donors (Lipinski definition) is 1. The molecule has 3 heterocycles. The van der Waals surface area contributed by atoms with Gasteiger partial charge in [0.05, 0.1) is 12.2 Å². The van der Waals surface area contributed by atoms with Gasteiger partial charge in [0.1, 0.15) is 0 Å². The van der Waals surface area contributed by atoms with E-state index >= 15 is 0 Å². The molecule has 0 radical (unpaired) electrons. The number of fused-ring (bicyclic) bond motifs is 1. The standard InChI is InChI=1S/C14H18N6O/c1-9(2)20-14-12(7-18-20)4-11(6-16-14)5-15-10(3)13-17-8-21-19-13/h4,6-10,15H,5H2,1-3H3. The minimum Gasteiger partial charge on any atom is -0.343 e. The van der Waals surface area contributed by atoms with Gasteiger partial charge in [0.2, 0.25) is 6.39 Å². The van der Waals surface area contributed by atoms with Crippen LogP contribution < -0.4 is 5.32 Å². The van der Waals surface area contributed by atoms with Crippen molar-refractivity contribution in [1.29, 1.82) is 0 Å². The molecule has 7 nitrogen and oxygen atoms in total. The summed E-state index contributed by atoms with van der Waals surface area (Å²) in [5, 5.41) is 12.6. The summed E-state index contributed by atoms with van der Waals surface area (Å²) in [5.41, 5.74) is 2.01. The number of nitrogens with one attached hydrogen (secondary N) is 1. The van der Waals surface area contributed by atoms with E-state index in [1.54, 1.807) is 0 Å². The molecule has 0 amide bonds. The van der Waals surface area contributed by atoms with Gasteiger partial charge in [-0.1, -0.05) is 5.16 Å². The van der Waals surface area contributed by atoms with Gasteiger partial charge < -0.3 is 9.84 Å². The molecule has 0 aliphatic carbocycles. The summed E-state index contributed by atoms with van der Waals surface area (Å²) in [6.07, 6.45) is 5.06. The van der Waals surface area contributed by atoms with Crippen LogP contribution in [-0.2, 0) is 6.54 Å². The number of hydrogen-bond acceptors (Lipinski definition) is 6. The fourth-order valence-electron chi connectivity index (χ4n) is 2.19. The Morgan fingerprint density at radius 3 is 2.81 bits per heavy atom. The van der Waals surface area contributed by atoms with Crippen molar-refractivity contribution in [2.24, 2.45) is 0 Å². The first-order valence-corrected chi connectivity index (χ1v) is 6.97. The zero-order chi connectivity index (χ0) is 14.8. The molecule has 1 unspecified atom stereocenters. The van der Waals surface area contributed by atoms with Crippen LogP contribution in [0.2, 0.25) is 0 Å². The molecule has 1 N–H and O–H groups in total. The highest BCUT2D eigenvalue weighted by Crippen LogP contribution is 2.17. The predicted molar refractivity (Wildman–Crippen MR) is 77.5 cm³/mol. The van der Waals surface area contributed by atoms with Crippen molar-refractivity contribution in [3.8, 4) is 0 Å². The van der Waals surface area contributed by atoms with Gasteiger partial charge in [0.25, 0.3) is 0 Å². The van der Waals surface area contributed by atoms with Gasteiger partial charge in [-0.25, -0.2) is 9.67 Å². The Labute approximate surface area is 122 Å². The minimum atomic E-state index is 0.0258. The fourth-order valence-corrected chi connectivity index (χ4v) is 2.19. The zero-order valence-corrected chi connectivity index (χ0v) is 12.3. The summed E-state index contributed by atoms with van der Waals surface area (Å²) in [6.45, 7) is 6.87. The van der Waals surface area contributed by atoms with Crippen LogP contribution in [0.4, 0.5) is 0 Å². The second-order valence-electron chi connectivity index (χ2n) is 5.33. The Bertz CT molecular complexity index is 718. The Kier molecular flexibility index (Phi) is 3.66. The van der Waals surface area contributed by atoms with Crippen LogP contribution >= 0.6 is 0 Å². The minimum absolute atomic E-state index is 0.0258. The van der Waals surface area contributed by atoms with Crippen LogP contribution in [0.3, 0.4) is 0 Å². The van der Waals surface area contributed by atoms with Crippen molar-refractivity contribution >= 4 is 11.0 Å². The van der Waals surface area contributed by atoms with E-state index in [1.165, 1.54) is 6.39 Å². The first-order valence-electron chi connectivity index (χ1n) is 6.97. The van der Waals surface area contributed by atoms with Crippen LogP contribution in [0.5, 0.6) is 0 Å². The molecule has 0 spiro atoms. The van der Waals surface area contributed by atoms with E-state index in [4.69, 9.17) is 4.52 Å². The molecule has 3 rings (SSSR count). The average molecular weight is 286 g/mol. The average Bonchev–Trinajstić information content (AvgIpc) is 3.13. The first-order chi connectivity index (χ1) is 10.1. The monoisotopic (exact) mass is 286 g/mol. The summed E-state index contributed by atoms with van der Waals surface area (Å²) in [4.78, 5) is 8.55. The van der Waals surface area contributed by atoms with E-state index in [0.717, 1.165) is 16.6 Å². The molecule has 3 aromatic rings. The first kappa shape index (κ1) is 13.7. The summed E-state index contributed by atoms with van der Waals surface area (Å²) in [5.74, 6) is 0.650. The predicted octanol–water partition coefficient (Wildman–Crippen LogP) is 2.25. The van der Waals surface area contributed by atoms with Crippen molar-refractivity contribution < 1.29 is 4.52 Å². The smallest absolute Gasteiger partial charge is 0.213 e. The Morgan fingerprint density at radius 1 is 1.24 bits per heavy atom. The highest BCUT2D eigenvalue weighted by Gasteiger charge is 2.11. The lowest BCUT2D eigenvalue weighted by Gasteiger charge is -2.10. The molecular formula is C14H18N6O. The molecular weight excluding hydrogens is 268 g/mol. The summed E-state index contributed by atoms with van der Waals surface area (Å²) in [6, 6.07) is 2.43. The number of rotatable bonds is 5. The number of nitrogens with zero attached hydrogens (tertiary/aromatic N) is 5. The van der Waals surface area contributed by atoms with Crippen LogP contribution in [0, 0.1) is 0 Å². The molecule has 0 aliphatic heterocycles. The van der Waals surface area contributed by atoms with E-state index in [1.807, 2.05) is 24.0 Å². The van der Waals surface area contributed by atoms with Crippen LogP contribution in [-0.4, -0.2) is 24.9 Å². The third-order valence-electron chi connectivity index (χ3n) is 3.36. The van der Waals surface area contributed by atoms with Crippen molar-refractivity contribution in [3.05, 3.63) is 36.2 Å². The highest BCUT2D eigenvalue weighted by atomic mass is 16.5. The quantitative estimate of drug-likeness (QED) is 0.774. The molecule has 0 saturated heterocycles. The van der Waals surface area contributed by atoms with E-state index in [2.05, 4.69) is 45.5 Å². The van der Waals surface area contributed by atoms with Gasteiger partial charge in [0, 0.05) is 24.2 Å². The largest absolute Gasteiger partial charge is 0.343 e. The fraction of sp³-hybridized carbons (Fsp3) is 0.429. The maximum Gasteiger partial charge on any atom is 0.213 e. The third-order valence-corrected chi connectivity index (χ3v) is 3.36. The SMILES string of the molecule is CC(NCc1cnc2c(cnn2C(C)C)c1)c1ncon1. The van der Waals surface area contributed by atoms with Crippen LogP contribution in [0.15, 0.2) is 29.4 Å². The van der Waals surface area contributed by atoms with Gasteiger partial charge in [0.15, 0.2) is 11.5 Å². The molecule has 0 aromatic carbocycles. The van der Waals surface area contributed by atoms with Crippen LogP contribution in [0.25, 0.3) is 11.0 Å². The number of aromatic nitrogens is 5. The summed E-state index contributed by atoms with van der Waals surface area (Å²) < 4.78 is 6.67. The normalized spacial score (nSPS) is 13.1. The Morgan fingerprint density at radius 2 is 2.10 bits per heavy atom. The number of pyridine rings is 1. The molecule has 0 fully saturated rings. The second-order valence-corrected chi connectivity index (χ2v) is 5.33. The van der Waals surface area contributed by atoms with Crippen LogP contribution in [0.1, 0.15) is 44.2 Å². The lowest BCUT2D eigenvalue weighted by atomic mass is 10.2. The molecule has 21 heavy (non-hydrogen) atoms. The van der Waals surface area contributed by atoms with Crippen molar-refractivity contribution in [1.82, 2.24) is 30.2 Å². The lowest BCUT2D eigenvalue weighted by Crippen LogP contribution is -2.19. The molecule has 7 heteroatoms. The molecule has 1 atom stereocenters. The third kappa shape index (κ3) is 2.78. The van der Waals surface area contributed by atoms with E-state index < -0.39 is 0 Å².